The van der Waals surface area contributed by atoms with Gasteiger partial charge in [0.1, 0.15) is 3.53 Å². The van der Waals surface area contributed by atoms with E-state index >= 15 is 0 Å². The first-order chi connectivity index (χ1) is 9.87. The average Bonchev–Trinajstić information content (AvgIpc) is 2.45. The Balaban J connectivity index is 0. The molecular weight excluding hydrogens is 403 g/mol. The molecule has 0 aliphatic carbocycles. The van der Waals surface area contributed by atoms with E-state index in [-0.39, 0.29) is 0 Å². The maximum atomic E-state index is 8.41. The molecule has 0 aromatic rings. The lowest BCUT2D eigenvalue weighted by Crippen LogP contribution is -2.42. The van der Waals surface area contributed by atoms with Crippen molar-refractivity contribution in [1.29, 1.82) is 5.26 Å². The summed E-state index contributed by atoms with van der Waals surface area (Å²) < 4.78 is 17.1. The normalized spacial score (nSPS) is 10.3. The number of thioether (sulfide) groups is 2. The van der Waals surface area contributed by atoms with Crippen LogP contribution in [0.4, 0.5) is 0 Å². The first-order valence-corrected chi connectivity index (χ1v) is 11.2. The summed E-state index contributed by atoms with van der Waals surface area (Å²) in [4.78, 5) is 0. The fourth-order valence-electron chi connectivity index (χ4n) is 1.13. The quantitative estimate of drug-likeness (QED) is 0.266. The number of hydrogen-bond donors (Lipinski definition) is 2. The van der Waals surface area contributed by atoms with Gasteiger partial charge < -0.3 is 13.3 Å². The maximum absolute atomic E-state index is 8.41. The first kappa shape index (κ1) is 24.4. The SMILES string of the molecule is CO[Si](CCCSC(=S)SCC#N)(OC)OC.S=C(S)S. The second-order valence-corrected chi connectivity index (χ2v) is 11.9. The van der Waals surface area contributed by atoms with Crippen LogP contribution < -0.4 is 0 Å². The van der Waals surface area contributed by atoms with Crippen LogP contribution in [0.3, 0.4) is 0 Å². The minimum atomic E-state index is -2.43. The third kappa shape index (κ3) is 15.8. The minimum absolute atomic E-state index is 0.389. The fourth-order valence-corrected chi connectivity index (χ4v) is 4.94. The van der Waals surface area contributed by atoms with Crippen molar-refractivity contribution >= 4 is 89.1 Å². The molecule has 0 saturated heterocycles. The molecule has 0 aromatic heterocycles. The van der Waals surface area contributed by atoms with E-state index in [0.29, 0.717) is 9.28 Å². The molecule has 0 fully saturated rings. The summed E-state index contributed by atoms with van der Waals surface area (Å²) in [6.07, 6.45) is 0.916. The fraction of sp³-hybridized carbons (Fsp3) is 0.700. The van der Waals surface area contributed by atoms with E-state index in [2.05, 4.69) is 37.5 Å². The molecule has 4 nitrogen and oxygen atoms in total. The molecule has 0 bridgehead atoms. The Morgan fingerprint density at radius 2 is 1.62 bits per heavy atom. The van der Waals surface area contributed by atoms with Crippen molar-refractivity contribution in [1.82, 2.24) is 0 Å². The number of thiol groups is 2. The summed E-state index contributed by atoms with van der Waals surface area (Å²) in [5.41, 5.74) is 0. The van der Waals surface area contributed by atoms with Crippen LogP contribution in [-0.2, 0) is 13.3 Å². The van der Waals surface area contributed by atoms with E-state index in [1.54, 1.807) is 33.1 Å². The van der Waals surface area contributed by atoms with Gasteiger partial charge in [-0.25, -0.2) is 0 Å². The van der Waals surface area contributed by atoms with Crippen LogP contribution in [0.25, 0.3) is 0 Å². The zero-order valence-electron chi connectivity index (χ0n) is 12.0. The van der Waals surface area contributed by atoms with Crippen LogP contribution in [0.2, 0.25) is 6.04 Å². The molecule has 0 N–H and O–H groups in total. The lowest BCUT2D eigenvalue weighted by Gasteiger charge is -2.24. The van der Waals surface area contributed by atoms with E-state index in [0.717, 1.165) is 21.7 Å². The number of thiocarbonyl (C=S) groups is 2. The van der Waals surface area contributed by atoms with Gasteiger partial charge in [0.15, 0.2) is 0 Å². The predicted octanol–water partition coefficient (Wildman–Crippen LogP) is 3.66. The smallest absolute Gasteiger partial charge is 0.377 e. The summed E-state index contributed by atoms with van der Waals surface area (Å²) in [6, 6.07) is 2.82. The van der Waals surface area contributed by atoms with Crippen molar-refractivity contribution in [2.24, 2.45) is 0 Å². The third-order valence-corrected chi connectivity index (χ3v) is 7.52. The van der Waals surface area contributed by atoms with Gasteiger partial charge in [0, 0.05) is 27.4 Å². The van der Waals surface area contributed by atoms with Gasteiger partial charge in [-0.3, -0.25) is 0 Å². The van der Waals surface area contributed by atoms with Crippen molar-refractivity contribution in [3.8, 4) is 6.07 Å². The van der Waals surface area contributed by atoms with Crippen molar-refractivity contribution < 1.29 is 13.3 Å². The topological polar surface area (TPSA) is 51.5 Å². The molecule has 0 unspecified atom stereocenters. The highest BCUT2D eigenvalue weighted by Crippen LogP contribution is 2.21. The molecule has 0 heterocycles. The van der Waals surface area contributed by atoms with Gasteiger partial charge in [0.2, 0.25) is 0 Å². The van der Waals surface area contributed by atoms with E-state index in [9.17, 15) is 0 Å². The van der Waals surface area contributed by atoms with Crippen LogP contribution in [0, 0.1) is 11.3 Å². The van der Waals surface area contributed by atoms with Gasteiger partial charge >= 0.3 is 8.80 Å². The predicted molar refractivity (Wildman–Crippen MR) is 110 cm³/mol. The van der Waals surface area contributed by atoms with Gasteiger partial charge in [-0.2, -0.15) is 5.26 Å². The van der Waals surface area contributed by atoms with Gasteiger partial charge in [-0.1, -0.05) is 36.2 Å². The molecule has 0 amide bonds. The number of rotatable bonds is 8. The number of nitriles is 1. The number of hydrogen-bond acceptors (Lipinski definition) is 8. The van der Waals surface area contributed by atoms with E-state index < -0.39 is 8.80 Å². The first-order valence-electron chi connectivity index (χ1n) is 5.61. The molecule has 0 saturated carbocycles. The second kappa shape index (κ2) is 16.0. The summed E-state index contributed by atoms with van der Waals surface area (Å²) in [7, 11) is 2.40. The monoisotopic (exact) mass is 421 g/mol. The molecule has 122 valence electrons. The Kier molecular flexibility index (Phi) is 18.7. The summed E-state index contributed by atoms with van der Waals surface area (Å²) in [5, 5.41) is 8.41. The van der Waals surface area contributed by atoms with Gasteiger partial charge in [0.25, 0.3) is 0 Å². The molecule has 0 aromatic carbocycles. The zero-order chi connectivity index (χ0) is 16.7. The molecular formula is C10H19NO3S6Si. The Morgan fingerprint density at radius 1 is 1.14 bits per heavy atom. The molecule has 11 heteroatoms. The minimum Gasteiger partial charge on any atom is -0.377 e. The molecule has 0 aliphatic rings. The van der Waals surface area contributed by atoms with Crippen LogP contribution in [0.15, 0.2) is 0 Å². The lowest BCUT2D eigenvalue weighted by atomic mass is 10.6. The Morgan fingerprint density at radius 3 is 2.00 bits per heavy atom. The molecule has 0 spiro atoms. The standard InChI is InChI=1S/C9H17NO3S3Si.CH2S3/c1-11-17(12-2,13-3)8-4-6-15-9(14)16-7-5-10;2-1(3)4/h4,6-8H2,1-3H3;(H2,2,3,4). The summed E-state index contributed by atoms with van der Waals surface area (Å²) in [5.74, 6) is 1.31. The highest BCUT2D eigenvalue weighted by molar-refractivity contribution is 8.47. The van der Waals surface area contributed by atoms with Crippen LogP contribution in [0.5, 0.6) is 0 Å². The summed E-state index contributed by atoms with van der Waals surface area (Å²) >= 11 is 19.5. The zero-order valence-corrected chi connectivity index (χ0v) is 18.1. The highest BCUT2D eigenvalue weighted by atomic mass is 32.2. The number of nitrogens with zero attached hydrogens (tertiary/aromatic N) is 1. The van der Waals surface area contributed by atoms with E-state index in [1.807, 2.05) is 6.07 Å². The molecule has 0 radical (unpaired) electrons. The second-order valence-electron chi connectivity index (χ2n) is 3.23. The molecule has 0 atom stereocenters. The van der Waals surface area contributed by atoms with Crippen LogP contribution in [0.1, 0.15) is 6.42 Å². The largest absolute Gasteiger partial charge is 0.500 e. The molecule has 21 heavy (non-hydrogen) atoms. The van der Waals surface area contributed by atoms with Gasteiger partial charge in [-0.05, 0) is 12.2 Å². The van der Waals surface area contributed by atoms with E-state index in [4.69, 9.17) is 30.8 Å². The molecule has 0 aliphatic heterocycles. The Bertz CT molecular complexity index is 336. The van der Waals surface area contributed by atoms with Gasteiger partial charge in [0.05, 0.1) is 15.4 Å². The maximum Gasteiger partial charge on any atom is 0.500 e. The van der Waals surface area contributed by atoms with Gasteiger partial charge in [-0.15, -0.1) is 37.0 Å². The summed E-state index contributed by atoms with van der Waals surface area (Å²) in [6.45, 7) is 0. The van der Waals surface area contributed by atoms with E-state index in [1.165, 1.54) is 11.8 Å². The van der Waals surface area contributed by atoms with Crippen LogP contribution >= 0.6 is 73.2 Å². The van der Waals surface area contributed by atoms with Crippen molar-refractivity contribution in [3.05, 3.63) is 0 Å². The molecule has 0 rings (SSSR count). The lowest BCUT2D eigenvalue weighted by molar-refractivity contribution is 0.123. The highest BCUT2D eigenvalue weighted by Gasteiger charge is 2.36. The van der Waals surface area contributed by atoms with Crippen molar-refractivity contribution in [3.63, 3.8) is 0 Å². The van der Waals surface area contributed by atoms with Crippen molar-refractivity contribution in [2.45, 2.75) is 12.5 Å². The Hall–Kier alpha value is 1.17. The third-order valence-electron chi connectivity index (χ3n) is 2.03. The Labute approximate surface area is 158 Å². The average molecular weight is 422 g/mol. The van der Waals surface area contributed by atoms with Crippen molar-refractivity contribution in [2.75, 3.05) is 32.8 Å². The van der Waals surface area contributed by atoms with Crippen LogP contribution in [-0.4, -0.2) is 48.7 Å².